The molecule has 212 valence electrons. The van der Waals surface area contributed by atoms with Gasteiger partial charge in [-0.3, -0.25) is 14.2 Å². The summed E-state index contributed by atoms with van der Waals surface area (Å²) in [4.78, 5) is 35.4. The van der Waals surface area contributed by atoms with Crippen LogP contribution in [-0.4, -0.2) is 49.8 Å². The quantitative estimate of drug-likeness (QED) is 0.315. The van der Waals surface area contributed by atoms with Crippen LogP contribution >= 0.6 is 11.3 Å². The minimum atomic E-state index is -0.736. The van der Waals surface area contributed by atoms with Crippen LogP contribution in [0.1, 0.15) is 37.9 Å². The smallest absolute Gasteiger partial charge is 0.271 e. The Hall–Kier alpha value is -4.37. The van der Waals surface area contributed by atoms with Crippen LogP contribution in [0, 0.1) is 0 Å². The maximum Gasteiger partial charge on any atom is 0.271 e. The molecule has 8 nitrogen and oxygen atoms in total. The number of carbonyl (C=O) groups excluding carboxylic acids is 1. The van der Waals surface area contributed by atoms with Crippen molar-refractivity contribution in [2.45, 2.75) is 26.8 Å². The van der Waals surface area contributed by atoms with Crippen LogP contribution < -0.4 is 29.1 Å². The highest BCUT2D eigenvalue weighted by Gasteiger charge is 2.36. The van der Waals surface area contributed by atoms with Crippen LogP contribution in [0.15, 0.2) is 75.7 Å². The van der Waals surface area contributed by atoms with E-state index in [0.717, 1.165) is 21.9 Å². The minimum absolute atomic E-state index is 0.151. The number of carbonyl (C=O) groups is 1. The second kappa shape index (κ2) is 11.6. The Morgan fingerprint density at radius 1 is 1.00 bits per heavy atom. The highest BCUT2D eigenvalue weighted by atomic mass is 32.1. The van der Waals surface area contributed by atoms with Gasteiger partial charge in [-0.2, -0.15) is 0 Å². The number of methoxy groups -OCH3 is 3. The number of hydrogen-bond acceptors (Lipinski definition) is 7. The summed E-state index contributed by atoms with van der Waals surface area (Å²) in [5.41, 5.74) is 2.28. The van der Waals surface area contributed by atoms with Gasteiger partial charge in [0, 0.05) is 30.3 Å². The van der Waals surface area contributed by atoms with Crippen LogP contribution in [-0.2, 0) is 4.79 Å². The molecule has 0 bridgehead atoms. The monoisotopic (exact) mass is 571 g/mol. The number of hydrogen-bond donors (Lipinski definition) is 0. The zero-order valence-electron chi connectivity index (χ0n) is 24.1. The molecule has 1 amide bonds. The van der Waals surface area contributed by atoms with E-state index < -0.39 is 6.04 Å². The average Bonchev–Trinajstić information content (AvgIpc) is 3.30. The highest BCUT2D eigenvalue weighted by Crippen LogP contribution is 2.40. The molecule has 41 heavy (non-hydrogen) atoms. The second-order valence-corrected chi connectivity index (χ2v) is 10.6. The lowest BCUT2D eigenvalue weighted by Gasteiger charge is -2.30. The van der Waals surface area contributed by atoms with E-state index in [1.807, 2.05) is 69.3 Å². The molecule has 1 atom stereocenters. The Morgan fingerprint density at radius 3 is 2.41 bits per heavy atom. The number of fused-ring (bicyclic) bond motifs is 2. The SMILES string of the molecule is CCN(CC)C(=O)C1=C(C)N=c2s/c(=C/c3ccc(OC)cc3OC)c(=O)n2[C@H]1c1c(OC)ccc2ccccc12. The van der Waals surface area contributed by atoms with Crippen molar-refractivity contribution >= 4 is 34.1 Å². The molecule has 0 radical (unpaired) electrons. The van der Waals surface area contributed by atoms with Gasteiger partial charge in [-0.15, -0.1) is 0 Å². The summed E-state index contributed by atoms with van der Waals surface area (Å²) in [7, 11) is 4.78. The molecule has 5 rings (SSSR count). The van der Waals surface area contributed by atoms with Crippen LogP contribution in [0.5, 0.6) is 17.2 Å². The largest absolute Gasteiger partial charge is 0.497 e. The fourth-order valence-corrected chi connectivity index (χ4v) is 6.40. The number of benzene rings is 3. The zero-order chi connectivity index (χ0) is 29.3. The van der Waals surface area contributed by atoms with E-state index in [1.165, 1.54) is 11.3 Å². The first-order valence-corrected chi connectivity index (χ1v) is 14.3. The first kappa shape index (κ1) is 28.2. The second-order valence-electron chi connectivity index (χ2n) is 9.57. The van der Waals surface area contributed by atoms with Crippen molar-refractivity contribution in [3.8, 4) is 17.2 Å². The van der Waals surface area contributed by atoms with Crippen molar-refractivity contribution in [3.05, 3.63) is 96.7 Å². The van der Waals surface area contributed by atoms with Crippen molar-refractivity contribution in [1.82, 2.24) is 9.47 Å². The van der Waals surface area contributed by atoms with Gasteiger partial charge in [-0.25, -0.2) is 4.99 Å². The van der Waals surface area contributed by atoms with E-state index in [2.05, 4.69) is 0 Å². The number of ether oxygens (including phenoxy) is 3. The molecule has 1 aliphatic heterocycles. The normalized spacial score (nSPS) is 15.0. The Kier molecular flexibility index (Phi) is 7.99. The van der Waals surface area contributed by atoms with Gasteiger partial charge in [-0.05, 0) is 55.8 Å². The number of amides is 1. The first-order chi connectivity index (χ1) is 19.9. The molecule has 0 N–H and O–H groups in total. The van der Waals surface area contributed by atoms with Crippen molar-refractivity contribution in [1.29, 1.82) is 0 Å². The number of allylic oxidation sites excluding steroid dienone is 1. The molecule has 3 aromatic carbocycles. The molecule has 0 aliphatic carbocycles. The standard InChI is InChI=1S/C32H33N3O5S/c1-7-34(8-2)31(37)27-19(3)33-32-35(29(27)28-23-12-10-9-11-20(23)14-16-24(28)39-5)30(36)26(41-32)17-21-13-15-22(38-4)18-25(21)40-6/h9-18,29H,7-8H2,1-6H3/b26-17+/t29-/m1/s1. The Morgan fingerprint density at radius 2 is 1.73 bits per heavy atom. The molecule has 9 heteroatoms. The van der Waals surface area contributed by atoms with Crippen LogP contribution in [0.3, 0.4) is 0 Å². The molecule has 0 unspecified atom stereocenters. The summed E-state index contributed by atoms with van der Waals surface area (Å²) in [6.45, 7) is 6.80. The van der Waals surface area contributed by atoms with Crippen LogP contribution in [0.4, 0.5) is 0 Å². The van der Waals surface area contributed by atoms with E-state index >= 15 is 0 Å². The topological polar surface area (TPSA) is 82.4 Å². The number of likely N-dealkylation sites (N-methyl/N-ethyl adjacent to an activating group) is 1. The maximum absolute atomic E-state index is 14.3. The summed E-state index contributed by atoms with van der Waals surface area (Å²) in [5.74, 6) is 1.68. The molecule has 2 heterocycles. The van der Waals surface area contributed by atoms with E-state index in [1.54, 1.807) is 42.9 Å². The molecule has 0 fully saturated rings. The molecule has 0 spiro atoms. The third kappa shape index (κ3) is 4.91. The summed E-state index contributed by atoms with van der Waals surface area (Å²) < 4.78 is 18.9. The van der Waals surface area contributed by atoms with E-state index in [-0.39, 0.29) is 11.5 Å². The lowest BCUT2D eigenvalue weighted by molar-refractivity contribution is -0.127. The van der Waals surface area contributed by atoms with Gasteiger partial charge in [0.2, 0.25) is 0 Å². The van der Waals surface area contributed by atoms with Gasteiger partial charge in [-0.1, -0.05) is 41.7 Å². The third-order valence-corrected chi connectivity index (χ3v) is 8.44. The number of aromatic nitrogens is 1. The number of nitrogens with zero attached hydrogens (tertiary/aromatic N) is 3. The zero-order valence-corrected chi connectivity index (χ0v) is 24.9. The number of thiazole rings is 1. The van der Waals surface area contributed by atoms with Gasteiger partial charge in [0.15, 0.2) is 4.80 Å². The molecule has 1 aromatic heterocycles. The van der Waals surface area contributed by atoms with Gasteiger partial charge in [0.25, 0.3) is 11.5 Å². The maximum atomic E-state index is 14.3. The molecular formula is C32H33N3O5S. The van der Waals surface area contributed by atoms with E-state index in [4.69, 9.17) is 19.2 Å². The fraction of sp³-hybridized carbons (Fsp3) is 0.281. The summed E-state index contributed by atoms with van der Waals surface area (Å²) in [6.07, 6.45) is 1.80. The summed E-state index contributed by atoms with van der Waals surface area (Å²) in [6, 6.07) is 16.5. The van der Waals surface area contributed by atoms with Crippen LogP contribution in [0.25, 0.3) is 16.8 Å². The highest BCUT2D eigenvalue weighted by molar-refractivity contribution is 7.07. The summed E-state index contributed by atoms with van der Waals surface area (Å²) >= 11 is 1.28. The minimum Gasteiger partial charge on any atom is -0.497 e. The van der Waals surface area contributed by atoms with Crippen molar-refractivity contribution < 1.29 is 19.0 Å². The van der Waals surface area contributed by atoms with Crippen molar-refractivity contribution in [3.63, 3.8) is 0 Å². The molecule has 1 aliphatic rings. The lowest BCUT2D eigenvalue weighted by Crippen LogP contribution is -2.43. The van der Waals surface area contributed by atoms with Gasteiger partial charge >= 0.3 is 0 Å². The Bertz CT molecular complexity index is 1850. The third-order valence-electron chi connectivity index (χ3n) is 7.45. The average molecular weight is 572 g/mol. The number of rotatable bonds is 8. The molecule has 0 saturated heterocycles. The Balaban J connectivity index is 1.84. The molecule has 4 aromatic rings. The lowest BCUT2D eigenvalue weighted by atomic mass is 9.90. The first-order valence-electron chi connectivity index (χ1n) is 13.5. The summed E-state index contributed by atoms with van der Waals surface area (Å²) in [5, 5.41) is 1.89. The fourth-order valence-electron chi connectivity index (χ4n) is 5.36. The molecule has 0 saturated carbocycles. The molecular weight excluding hydrogens is 538 g/mol. The van der Waals surface area contributed by atoms with Crippen LogP contribution in [0.2, 0.25) is 0 Å². The van der Waals surface area contributed by atoms with Gasteiger partial charge in [0.1, 0.15) is 23.3 Å². The van der Waals surface area contributed by atoms with E-state index in [9.17, 15) is 9.59 Å². The van der Waals surface area contributed by atoms with Gasteiger partial charge in [0.05, 0.1) is 37.1 Å². The predicted octanol–water partition coefficient (Wildman–Crippen LogP) is 4.28. The Labute approximate surface area is 242 Å². The van der Waals surface area contributed by atoms with Crippen molar-refractivity contribution in [2.24, 2.45) is 4.99 Å². The van der Waals surface area contributed by atoms with E-state index in [0.29, 0.717) is 50.9 Å². The predicted molar refractivity (Wildman–Crippen MR) is 162 cm³/mol. The van der Waals surface area contributed by atoms with Gasteiger partial charge < -0.3 is 19.1 Å². The van der Waals surface area contributed by atoms with Crippen molar-refractivity contribution in [2.75, 3.05) is 34.4 Å².